The minimum absolute atomic E-state index is 0. The van der Waals surface area contributed by atoms with Gasteiger partial charge >= 0.3 is 0 Å². The predicted molar refractivity (Wildman–Crippen MR) is 127 cm³/mol. The van der Waals surface area contributed by atoms with Gasteiger partial charge in [-0.15, -0.1) is 24.0 Å². The first kappa shape index (κ1) is 25.6. The fraction of sp³-hybridized carbons (Fsp3) is 0.619. The number of benzene rings is 1. The van der Waals surface area contributed by atoms with E-state index in [0.717, 1.165) is 50.5 Å². The first-order valence-corrected chi connectivity index (χ1v) is 10.3. The van der Waals surface area contributed by atoms with E-state index in [2.05, 4.69) is 20.9 Å². The number of guanidine groups is 1. The van der Waals surface area contributed by atoms with Gasteiger partial charge in [-0.25, -0.2) is 4.99 Å². The number of ether oxygens (including phenoxy) is 2. The van der Waals surface area contributed by atoms with Crippen molar-refractivity contribution in [3.8, 4) is 0 Å². The van der Waals surface area contributed by atoms with Crippen molar-refractivity contribution in [1.82, 2.24) is 16.0 Å². The lowest BCUT2D eigenvalue weighted by Gasteiger charge is -2.12. The Bertz CT molecular complexity index is 604. The summed E-state index contributed by atoms with van der Waals surface area (Å²) in [5, 5.41) is 9.38. The summed E-state index contributed by atoms with van der Waals surface area (Å²) in [5.74, 6) is 0.740. The summed E-state index contributed by atoms with van der Waals surface area (Å²) in [6.45, 7) is 9.02. The van der Waals surface area contributed by atoms with E-state index in [9.17, 15) is 4.79 Å². The molecule has 0 radical (unpaired) electrons. The van der Waals surface area contributed by atoms with Crippen molar-refractivity contribution in [3.63, 3.8) is 0 Å². The van der Waals surface area contributed by atoms with Crippen molar-refractivity contribution in [2.45, 2.75) is 45.8 Å². The third-order valence-electron chi connectivity index (χ3n) is 4.40. The highest BCUT2D eigenvalue weighted by Gasteiger charge is 2.14. The molecular formula is C21H35IN4O3. The maximum atomic E-state index is 11.8. The smallest absolute Gasteiger partial charge is 0.251 e. The largest absolute Gasteiger partial charge is 0.379 e. The lowest BCUT2D eigenvalue weighted by atomic mass is 10.1. The number of halogens is 1. The number of aliphatic imine (C=N–C) groups is 1. The summed E-state index contributed by atoms with van der Waals surface area (Å²) >= 11 is 0. The van der Waals surface area contributed by atoms with Crippen molar-refractivity contribution in [2.24, 2.45) is 4.99 Å². The van der Waals surface area contributed by atoms with Crippen LogP contribution in [0.1, 0.15) is 49.0 Å². The van der Waals surface area contributed by atoms with Gasteiger partial charge in [-0.1, -0.05) is 12.1 Å². The second-order valence-electron chi connectivity index (χ2n) is 6.74. The van der Waals surface area contributed by atoms with Crippen molar-refractivity contribution in [3.05, 3.63) is 35.4 Å². The quantitative estimate of drug-likeness (QED) is 0.182. The average Bonchev–Trinajstić information content (AvgIpc) is 3.22. The average molecular weight is 518 g/mol. The van der Waals surface area contributed by atoms with E-state index < -0.39 is 0 Å². The second-order valence-corrected chi connectivity index (χ2v) is 6.74. The molecule has 2 rings (SSSR count). The topological polar surface area (TPSA) is 84.0 Å². The van der Waals surface area contributed by atoms with E-state index in [1.807, 2.05) is 38.1 Å². The van der Waals surface area contributed by atoms with Crippen LogP contribution < -0.4 is 16.0 Å². The molecule has 1 saturated heterocycles. The highest BCUT2D eigenvalue weighted by Crippen LogP contribution is 2.11. The number of hydrogen-bond acceptors (Lipinski definition) is 4. The molecule has 7 nitrogen and oxygen atoms in total. The van der Waals surface area contributed by atoms with Crippen LogP contribution in [0.4, 0.5) is 0 Å². The number of amides is 1. The number of nitrogens with zero attached hydrogens (tertiary/aromatic N) is 1. The molecular weight excluding hydrogens is 483 g/mol. The zero-order valence-corrected chi connectivity index (χ0v) is 19.9. The summed E-state index contributed by atoms with van der Waals surface area (Å²) < 4.78 is 11.2. The fourth-order valence-electron chi connectivity index (χ4n) is 2.91. The van der Waals surface area contributed by atoms with Gasteiger partial charge in [-0.2, -0.15) is 0 Å². The van der Waals surface area contributed by atoms with E-state index >= 15 is 0 Å². The molecule has 1 aliphatic rings. The zero-order valence-electron chi connectivity index (χ0n) is 17.5. The summed E-state index contributed by atoms with van der Waals surface area (Å²) in [7, 11) is 0. The number of nitrogens with one attached hydrogen (secondary N) is 3. The van der Waals surface area contributed by atoms with Gasteiger partial charge in [0.05, 0.1) is 19.3 Å². The monoisotopic (exact) mass is 518 g/mol. The molecule has 0 bridgehead atoms. The third kappa shape index (κ3) is 10.3. The minimum Gasteiger partial charge on any atom is -0.379 e. The van der Waals surface area contributed by atoms with Gasteiger partial charge in [-0.3, -0.25) is 4.79 Å². The Morgan fingerprint density at radius 1 is 1.17 bits per heavy atom. The van der Waals surface area contributed by atoms with Gasteiger partial charge in [-0.05, 0) is 50.8 Å². The molecule has 1 aromatic rings. The number of rotatable bonds is 11. The lowest BCUT2D eigenvalue weighted by Crippen LogP contribution is -2.38. The van der Waals surface area contributed by atoms with Gasteiger partial charge in [0.1, 0.15) is 0 Å². The molecule has 1 atom stereocenters. The first-order chi connectivity index (χ1) is 13.7. The van der Waals surface area contributed by atoms with Crippen LogP contribution in [0.3, 0.4) is 0 Å². The van der Waals surface area contributed by atoms with Crippen molar-refractivity contribution < 1.29 is 14.3 Å². The van der Waals surface area contributed by atoms with Gasteiger partial charge in [0, 0.05) is 38.4 Å². The molecule has 0 aromatic heterocycles. The molecule has 1 aromatic carbocycles. The molecule has 0 aliphatic carbocycles. The molecule has 1 fully saturated rings. The highest BCUT2D eigenvalue weighted by molar-refractivity contribution is 14.0. The molecule has 1 amide bonds. The van der Waals surface area contributed by atoms with Crippen LogP contribution >= 0.6 is 24.0 Å². The van der Waals surface area contributed by atoms with Crippen LogP contribution in [0.25, 0.3) is 0 Å². The van der Waals surface area contributed by atoms with Crippen LogP contribution in [0.5, 0.6) is 0 Å². The first-order valence-electron chi connectivity index (χ1n) is 10.3. The molecule has 1 unspecified atom stereocenters. The predicted octanol–water partition coefficient (Wildman–Crippen LogP) is 2.70. The van der Waals surface area contributed by atoms with Gasteiger partial charge in [0.2, 0.25) is 0 Å². The molecule has 0 spiro atoms. The van der Waals surface area contributed by atoms with E-state index in [1.54, 1.807) is 0 Å². The Balaban J connectivity index is 0.00000420. The summed E-state index contributed by atoms with van der Waals surface area (Å²) in [5.41, 5.74) is 1.73. The molecule has 164 valence electrons. The number of carbonyl (C=O) groups excluding carboxylic acids is 1. The van der Waals surface area contributed by atoms with Gasteiger partial charge < -0.3 is 25.4 Å². The summed E-state index contributed by atoms with van der Waals surface area (Å²) in [4.78, 5) is 16.4. The van der Waals surface area contributed by atoms with Crippen molar-refractivity contribution in [2.75, 3.05) is 39.5 Å². The zero-order chi connectivity index (χ0) is 20.0. The Morgan fingerprint density at radius 2 is 1.93 bits per heavy atom. The maximum Gasteiger partial charge on any atom is 0.251 e. The normalized spacial score (nSPS) is 16.2. The standard InChI is InChI=1S/C21H34N4O3.HI/c1-3-22-20(26)18-10-8-17(9-11-18)15-25-21(23-4-2)24-12-6-13-27-16-19-7-5-14-28-19;/h8-11,19H,3-7,12-16H2,1-2H3,(H,22,26)(H2,23,24,25);1H. The Labute approximate surface area is 191 Å². The Morgan fingerprint density at radius 3 is 2.59 bits per heavy atom. The van der Waals surface area contributed by atoms with E-state index in [-0.39, 0.29) is 36.0 Å². The van der Waals surface area contributed by atoms with Crippen LogP contribution in [0.2, 0.25) is 0 Å². The molecule has 3 N–H and O–H groups in total. The van der Waals surface area contributed by atoms with Crippen molar-refractivity contribution in [1.29, 1.82) is 0 Å². The Hall–Kier alpha value is -1.39. The van der Waals surface area contributed by atoms with Crippen molar-refractivity contribution >= 4 is 35.8 Å². The summed E-state index contributed by atoms with van der Waals surface area (Å²) in [6.07, 6.45) is 3.46. The molecule has 1 aliphatic heterocycles. The number of carbonyl (C=O) groups is 1. The van der Waals surface area contributed by atoms with Gasteiger partial charge in [0.15, 0.2) is 5.96 Å². The lowest BCUT2D eigenvalue weighted by molar-refractivity contribution is 0.0168. The third-order valence-corrected chi connectivity index (χ3v) is 4.40. The molecule has 1 heterocycles. The second kappa shape index (κ2) is 15.4. The number of hydrogen-bond donors (Lipinski definition) is 3. The van der Waals surface area contributed by atoms with E-state index in [4.69, 9.17) is 9.47 Å². The summed E-state index contributed by atoms with van der Waals surface area (Å²) in [6, 6.07) is 7.55. The minimum atomic E-state index is -0.0470. The van der Waals surface area contributed by atoms with Crippen LogP contribution in [0.15, 0.2) is 29.3 Å². The fourth-order valence-corrected chi connectivity index (χ4v) is 2.91. The Kier molecular flexibility index (Phi) is 13.7. The maximum absolute atomic E-state index is 11.8. The van der Waals surface area contributed by atoms with Crippen LogP contribution in [-0.2, 0) is 16.0 Å². The van der Waals surface area contributed by atoms with Gasteiger partial charge in [0.25, 0.3) is 5.91 Å². The molecule has 0 saturated carbocycles. The van der Waals surface area contributed by atoms with Crippen LogP contribution in [-0.4, -0.2) is 57.4 Å². The molecule has 29 heavy (non-hydrogen) atoms. The SMILES string of the molecule is CCNC(=O)c1ccc(CN=C(NCC)NCCCOCC2CCCO2)cc1.I. The molecule has 8 heteroatoms. The van der Waals surface area contributed by atoms with E-state index in [0.29, 0.717) is 31.9 Å². The van der Waals surface area contributed by atoms with Crippen LogP contribution in [0, 0.1) is 0 Å². The van der Waals surface area contributed by atoms with E-state index in [1.165, 1.54) is 0 Å². The highest BCUT2D eigenvalue weighted by atomic mass is 127.